The molecule has 0 aromatic carbocycles. The fourth-order valence-corrected chi connectivity index (χ4v) is 1.46. The summed E-state index contributed by atoms with van der Waals surface area (Å²) in [6.07, 6.45) is 8.60. The second-order valence-corrected chi connectivity index (χ2v) is 4.55. The maximum atomic E-state index is 11.2. The van der Waals surface area contributed by atoms with Crippen molar-refractivity contribution in [1.82, 2.24) is 0 Å². The SMILES string of the molecule is O=S(=O)=O.[CH2-]CCCCCCCCC(=O)OCCOC.[Na+]. The number of esters is 1. The van der Waals surface area contributed by atoms with Gasteiger partial charge in [-0.1, -0.05) is 32.1 Å². The maximum absolute atomic E-state index is 11.2. The van der Waals surface area contributed by atoms with Gasteiger partial charge in [0.25, 0.3) is 0 Å². The van der Waals surface area contributed by atoms with E-state index in [0.717, 1.165) is 19.3 Å². The molecular formula is C13H25NaO6S. The Kier molecular flexibility index (Phi) is 27.6. The van der Waals surface area contributed by atoms with Crippen molar-refractivity contribution in [2.24, 2.45) is 0 Å². The van der Waals surface area contributed by atoms with Gasteiger partial charge in [-0.25, -0.2) is 0 Å². The molecule has 0 heterocycles. The van der Waals surface area contributed by atoms with Gasteiger partial charge >= 0.3 is 46.1 Å². The number of rotatable bonds is 11. The molecule has 0 atom stereocenters. The third-order valence-corrected chi connectivity index (χ3v) is 2.43. The van der Waals surface area contributed by atoms with Crippen molar-refractivity contribution in [3.8, 4) is 0 Å². The molecule has 0 aliphatic rings. The van der Waals surface area contributed by atoms with Gasteiger partial charge in [-0.05, 0) is 6.42 Å². The van der Waals surface area contributed by atoms with Gasteiger partial charge in [-0.3, -0.25) is 4.79 Å². The number of ether oxygens (including phenoxy) is 2. The van der Waals surface area contributed by atoms with Crippen LogP contribution in [0.15, 0.2) is 0 Å². The van der Waals surface area contributed by atoms with Crippen molar-refractivity contribution in [3.63, 3.8) is 0 Å². The van der Waals surface area contributed by atoms with Crippen LogP contribution < -0.4 is 29.6 Å². The number of carbonyl (C=O) groups excluding carboxylic acids is 1. The molecule has 0 saturated carbocycles. The van der Waals surface area contributed by atoms with Crippen LogP contribution in [0.3, 0.4) is 0 Å². The minimum atomic E-state index is -3.11. The molecule has 0 aromatic rings. The summed E-state index contributed by atoms with van der Waals surface area (Å²) in [5.74, 6) is -0.102. The number of carbonyl (C=O) groups is 1. The van der Waals surface area contributed by atoms with Crippen molar-refractivity contribution in [2.75, 3.05) is 20.3 Å². The van der Waals surface area contributed by atoms with Crippen LogP contribution in [0.5, 0.6) is 0 Å². The predicted molar refractivity (Wildman–Crippen MR) is 74.8 cm³/mol. The summed E-state index contributed by atoms with van der Waals surface area (Å²) in [7, 11) is -1.51. The van der Waals surface area contributed by atoms with Crippen molar-refractivity contribution >= 4 is 16.6 Å². The second kappa shape index (κ2) is 22.3. The Morgan fingerprint density at radius 1 is 0.952 bits per heavy atom. The van der Waals surface area contributed by atoms with Crippen LogP contribution in [0.25, 0.3) is 0 Å². The van der Waals surface area contributed by atoms with E-state index in [0.29, 0.717) is 19.6 Å². The summed E-state index contributed by atoms with van der Waals surface area (Å²) >= 11 is 0. The van der Waals surface area contributed by atoms with Gasteiger partial charge in [0.2, 0.25) is 0 Å². The zero-order valence-electron chi connectivity index (χ0n) is 13.1. The molecule has 0 aromatic heterocycles. The van der Waals surface area contributed by atoms with Crippen molar-refractivity contribution in [3.05, 3.63) is 6.92 Å². The predicted octanol–water partition coefficient (Wildman–Crippen LogP) is -0.869. The van der Waals surface area contributed by atoms with Crippen LogP contribution in [-0.2, 0) is 24.9 Å². The van der Waals surface area contributed by atoms with Gasteiger partial charge in [0.1, 0.15) is 6.61 Å². The number of hydrogen-bond acceptors (Lipinski definition) is 6. The molecule has 0 aliphatic heterocycles. The van der Waals surface area contributed by atoms with E-state index in [9.17, 15) is 4.79 Å². The standard InChI is InChI=1S/C13H25O3.Na.O3S/c1-3-4-5-6-7-8-9-10-13(14)16-12-11-15-2;;1-4(2)3/h1,3-12H2,2H3;;/q-1;+1;. The summed E-state index contributed by atoms with van der Waals surface area (Å²) in [5.41, 5.74) is 0. The molecule has 0 saturated heterocycles. The summed E-state index contributed by atoms with van der Waals surface area (Å²) < 4.78 is 35.1. The van der Waals surface area contributed by atoms with Crippen molar-refractivity contribution in [1.29, 1.82) is 0 Å². The van der Waals surface area contributed by atoms with Crippen molar-refractivity contribution in [2.45, 2.75) is 51.4 Å². The first-order valence-corrected chi connectivity index (χ1v) is 7.75. The first-order valence-electron chi connectivity index (χ1n) is 6.75. The normalized spacial score (nSPS) is 9.05. The molecule has 0 spiro atoms. The molecule has 0 N–H and O–H groups in total. The summed E-state index contributed by atoms with van der Waals surface area (Å²) in [6.45, 7) is 4.66. The maximum Gasteiger partial charge on any atom is 1.00 e. The average molecular weight is 332 g/mol. The molecule has 0 fully saturated rings. The third-order valence-electron chi connectivity index (χ3n) is 2.43. The molecular weight excluding hydrogens is 307 g/mol. The zero-order valence-corrected chi connectivity index (χ0v) is 16.0. The largest absolute Gasteiger partial charge is 1.00 e. The zero-order chi connectivity index (χ0) is 15.6. The Balaban J connectivity index is -0.000000572. The molecule has 0 amide bonds. The summed E-state index contributed by atoms with van der Waals surface area (Å²) in [6, 6.07) is 0. The number of methoxy groups -OCH3 is 1. The van der Waals surface area contributed by atoms with Crippen molar-refractivity contribution < 1.29 is 56.5 Å². The van der Waals surface area contributed by atoms with Crippen LogP contribution >= 0.6 is 0 Å². The fraction of sp³-hybridized carbons (Fsp3) is 0.846. The third kappa shape index (κ3) is 33.1. The van der Waals surface area contributed by atoms with E-state index in [-0.39, 0.29) is 35.5 Å². The Bertz CT molecular complexity index is 310. The molecule has 0 aliphatic carbocycles. The Morgan fingerprint density at radius 3 is 1.90 bits per heavy atom. The van der Waals surface area contributed by atoms with Gasteiger partial charge in [0, 0.05) is 13.5 Å². The van der Waals surface area contributed by atoms with Crippen LogP contribution in [0.1, 0.15) is 51.4 Å². The molecule has 6 nitrogen and oxygen atoms in total. The quantitative estimate of drug-likeness (QED) is 0.212. The summed E-state index contributed by atoms with van der Waals surface area (Å²) in [4.78, 5) is 11.2. The molecule has 0 unspecified atom stereocenters. The molecule has 0 rings (SSSR count). The molecule has 120 valence electrons. The fourth-order valence-electron chi connectivity index (χ4n) is 1.46. The van der Waals surface area contributed by atoms with Gasteiger partial charge in [0.05, 0.1) is 6.61 Å². The van der Waals surface area contributed by atoms with E-state index >= 15 is 0 Å². The topological polar surface area (TPSA) is 86.7 Å². The van der Waals surface area contributed by atoms with Crippen LogP contribution in [-0.4, -0.2) is 38.9 Å². The van der Waals surface area contributed by atoms with E-state index in [1.54, 1.807) is 7.11 Å². The second-order valence-electron chi connectivity index (χ2n) is 4.14. The van der Waals surface area contributed by atoms with E-state index in [2.05, 4.69) is 6.92 Å². The van der Waals surface area contributed by atoms with Crippen LogP contribution in [0.4, 0.5) is 0 Å². The molecule has 8 heteroatoms. The smallest absolute Gasteiger partial charge is 0.463 e. The van der Waals surface area contributed by atoms with E-state index < -0.39 is 10.6 Å². The minimum absolute atomic E-state index is 0. The van der Waals surface area contributed by atoms with Crippen LogP contribution in [0.2, 0.25) is 0 Å². The van der Waals surface area contributed by atoms with Crippen LogP contribution in [0, 0.1) is 6.92 Å². The van der Waals surface area contributed by atoms with E-state index in [1.807, 2.05) is 0 Å². The van der Waals surface area contributed by atoms with E-state index in [1.165, 1.54) is 25.7 Å². The first kappa shape index (κ1) is 26.0. The number of hydrogen-bond donors (Lipinski definition) is 0. The summed E-state index contributed by atoms with van der Waals surface area (Å²) in [5, 5.41) is 0. The van der Waals surface area contributed by atoms with Gasteiger partial charge in [-0.2, -0.15) is 6.42 Å². The Hall–Kier alpha value is 0.0500. The monoisotopic (exact) mass is 332 g/mol. The van der Waals surface area contributed by atoms with E-state index in [4.69, 9.17) is 22.1 Å². The first-order chi connectivity index (χ1) is 9.54. The molecule has 21 heavy (non-hydrogen) atoms. The Morgan fingerprint density at radius 2 is 1.43 bits per heavy atom. The minimum Gasteiger partial charge on any atom is -0.463 e. The average Bonchev–Trinajstić information content (AvgIpc) is 2.37. The number of unbranched alkanes of at least 4 members (excludes halogenated alkanes) is 6. The van der Waals surface area contributed by atoms with Gasteiger partial charge in [0.15, 0.2) is 0 Å². The molecule has 0 radical (unpaired) electrons. The Labute approximate surface area is 151 Å². The van der Waals surface area contributed by atoms with Gasteiger partial charge in [-0.15, -0.1) is 12.6 Å². The molecule has 0 bridgehead atoms. The van der Waals surface area contributed by atoms with Gasteiger partial charge < -0.3 is 16.4 Å².